The highest BCUT2D eigenvalue weighted by atomic mass is 32.2. The van der Waals surface area contributed by atoms with Gasteiger partial charge in [-0.05, 0) is 24.0 Å². The van der Waals surface area contributed by atoms with E-state index in [4.69, 9.17) is 9.15 Å². The largest absolute Gasteiger partial charge is 0.463 e. The van der Waals surface area contributed by atoms with Crippen LogP contribution in [0, 0.1) is 0 Å². The van der Waals surface area contributed by atoms with Crippen molar-refractivity contribution in [3.63, 3.8) is 0 Å². The molecule has 1 amide bonds. The van der Waals surface area contributed by atoms with Crippen LogP contribution in [0.2, 0.25) is 0 Å². The fourth-order valence-corrected chi connectivity index (χ4v) is 3.36. The third-order valence-corrected chi connectivity index (χ3v) is 4.63. The first-order valence-electron chi connectivity index (χ1n) is 8.15. The molecule has 7 nitrogen and oxygen atoms in total. The minimum absolute atomic E-state index is 0.178. The van der Waals surface area contributed by atoms with Crippen LogP contribution in [0.3, 0.4) is 0 Å². The van der Waals surface area contributed by atoms with Crippen LogP contribution in [0.1, 0.15) is 25.8 Å². The van der Waals surface area contributed by atoms with Crippen LogP contribution in [0.5, 0.6) is 5.88 Å². The second kappa shape index (κ2) is 6.80. The van der Waals surface area contributed by atoms with Crippen LogP contribution in [0.25, 0.3) is 11.3 Å². The summed E-state index contributed by atoms with van der Waals surface area (Å²) in [6.07, 6.45) is 0.770. The Hall–Kier alpha value is -2.87. The van der Waals surface area contributed by atoms with Gasteiger partial charge in [-0.2, -0.15) is 4.98 Å². The average molecular weight is 368 g/mol. The average Bonchev–Trinajstić information content (AvgIpc) is 3.12. The Morgan fingerprint density at radius 3 is 2.81 bits per heavy atom. The Kier molecular flexibility index (Phi) is 4.34. The number of carbonyl (C=O) groups is 1. The fraction of sp³-hybridized carbons (Fsp3) is 0.222. The molecule has 0 saturated carbocycles. The lowest BCUT2D eigenvalue weighted by Crippen LogP contribution is -2.35. The minimum atomic E-state index is -0.777. The van der Waals surface area contributed by atoms with E-state index in [9.17, 15) is 4.79 Å². The smallest absolute Gasteiger partial charge is 0.247 e. The molecule has 0 N–H and O–H groups in total. The highest BCUT2D eigenvalue weighted by Crippen LogP contribution is 2.43. The number of fused-ring (bicyclic) bond motifs is 3. The summed E-state index contributed by atoms with van der Waals surface area (Å²) in [7, 11) is 0. The van der Waals surface area contributed by atoms with Crippen molar-refractivity contribution in [3.8, 4) is 17.1 Å². The fourth-order valence-electron chi connectivity index (χ4n) is 2.86. The number of carbonyl (C=O) groups excluding carboxylic acids is 1. The number of benzene rings is 1. The molecule has 1 aliphatic rings. The summed E-state index contributed by atoms with van der Waals surface area (Å²) in [6, 6.07) is 11.0. The lowest BCUT2D eigenvalue weighted by molar-refractivity contribution is -0.118. The predicted molar refractivity (Wildman–Crippen MR) is 96.9 cm³/mol. The van der Waals surface area contributed by atoms with E-state index in [2.05, 4.69) is 15.2 Å². The summed E-state index contributed by atoms with van der Waals surface area (Å²) >= 11 is 1.47. The number of furan rings is 1. The highest BCUT2D eigenvalue weighted by Gasteiger charge is 2.35. The van der Waals surface area contributed by atoms with Crippen molar-refractivity contribution in [1.29, 1.82) is 0 Å². The van der Waals surface area contributed by atoms with E-state index >= 15 is 0 Å². The lowest BCUT2D eigenvalue weighted by Gasteiger charge is -2.28. The van der Waals surface area contributed by atoms with Crippen molar-refractivity contribution in [1.82, 2.24) is 15.2 Å². The van der Waals surface area contributed by atoms with Gasteiger partial charge in [0.05, 0.1) is 12.0 Å². The van der Waals surface area contributed by atoms with Gasteiger partial charge in [-0.25, -0.2) is 0 Å². The van der Waals surface area contributed by atoms with E-state index in [1.807, 2.05) is 31.2 Å². The number of para-hydroxylation sites is 1. The number of rotatable bonds is 3. The van der Waals surface area contributed by atoms with Gasteiger partial charge in [-0.1, -0.05) is 36.9 Å². The zero-order valence-electron chi connectivity index (χ0n) is 14.2. The number of nitrogens with zero attached hydrogens (tertiary/aromatic N) is 4. The van der Waals surface area contributed by atoms with E-state index < -0.39 is 6.23 Å². The summed E-state index contributed by atoms with van der Waals surface area (Å²) in [5.41, 5.74) is 1.91. The van der Waals surface area contributed by atoms with Gasteiger partial charge in [0.1, 0.15) is 0 Å². The highest BCUT2D eigenvalue weighted by molar-refractivity contribution is 7.99. The number of hydrogen-bond donors (Lipinski definition) is 0. The Bertz CT molecular complexity index is 945. The zero-order valence-corrected chi connectivity index (χ0v) is 15.1. The monoisotopic (exact) mass is 368 g/mol. The van der Waals surface area contributed by atoms with Crippen molar-refractivity contribution < 1.29 is 13.9 Å². The van der Waals surface area contributed by atoms with E-state index in [-0.39, 0.29) is 5.91 Å². The molecule has 0 spiro atoms. The van der Waals surface area contributed by atoms with Gasteiger partial charge >= 0.3 is 0 Å². The molecule has 26 heavy (non-hydrogen) atoms. The third kappa shape index (κ3) is 2.82. The molecule has 3 aromatic rings. The number of thioether (sulfide) groups is 1. The minimum Gasteiger partial charge on any atom is -0.463 e. The van der Waals surface area contributed by atoms with E-state index in [0.29, 0.717) is 28.2 Å². The van der Waals surface area contributed by atoms with Crippen LogP contribution in [-0.4, -0.2) is 26.8 Å². The molecule has 8 heteroatoms. The standard InChI is InChI=1S/C18H16N4O3S/c1-3-26-18-19-16-15(20-21-18)12-7-4-5-8-13(12)22(11(2)23)17(25-16)14-9-6-10-24-14/h4-10,17H,3H2,1-2H3/t17-/m1/s1. The summed E-state index contributed by atoms with van der Waals surface area (Å²) in [6.45, 7) is 3.50. The number of amides is 1. The predicted octanol–water partition coefficient (Wildman–Crippen LogP) is 3.69. The molecule has 0 fully saturated rings. The Balaban J connectivity index is 1.94. The zero-order chi connectivity index (χ0) is 18.1. The first-order valence-corrected chi connectivity index (χ1v) is 9.14. The quantitative estimate of drug-likeness (QED) is 0.652. The lowest BCUT2D eigenvalue weighted by atomic mass is 10.1. The summed E-state index contributed by atoms with van der Waals surface area (Å²) in [4.78, 5) is 18.5. The first kappa shape index (κ1) is 16.6. The van der Waals surface area contributed by atoms with Crippen LogP contribution in [-0.2, 0) is 4.79 Å². The topological polar surface area (TPSA) is 81.3 Å². The van der Waals surface area contributed by atoms with Crippen molar-refractivity contribution in [3.05, 3.63) is 48.4 Å². The molecule has 4 rings (SSSR count). The van der Waals surface area contributed by atoms with Gasteiger partial charge in [0.25, 0.3) is 0 Å². The van der Waals surface area contributed by atoms with Crippen LogP contribution in [0.4, 0.5) is 5.69 Å². The van der Waals surface area contributed by atoms with Gasteiger partial charge in [0.2, 0.25) is 23.2 Å². The molecule has 0 unspecified atom stereocenters. The molecule has 0 radical (unpaired) electrons. The van der Waals surface area contributed by atoms with Crippen molar-refractivity contribution in [2.45, 2.75) is 25.2 Å². The summed E-state index contributed by atoms with van der Waals surface area (Å²) < 4.78 is 11.7. The maximum absolute atomic E-state index is 12.5. The maximum atomic E-state index is 12.5. The van der Waals surface area contributed by atoms with Crippen molar-refractivity contribution in [2.24, 2.45) is 0 Å². The number of anilines is 1. The Labute approximate surface area is 154 Å². The second-order valence-corrected chi connectivity index (χ2v) is 6.80. The van der Waals surface area contributed by atoms with E-state index in [1.54, 1.807) is 23.3 Å². The Morgan fingerprint density at radius 2 is 2.08 bits per heavy atom. The molecular formula is C18H16N4O3S. The molecule has 1 aromatic carbocycles. The van der Waals surface area contributed by atoms with Gasteiger partial charge in [-0.15, -0.1) is 10.2 Å². The normalized spacial score (nSPS) is 15.6. The van der Waals surface area contributed by atoms with Gasteiger partial charge in [0.15, 0.2) is 11.5 Å². The number of hydrogen-bond acceptors (Lipinski definition) is 7. The van der Waals surface area contributed by atoms with Crippen molar-refractivity contribution >= 4 is 23.4 Å². The SMILES string of the molecule is CCSc1nnc2c(n1)O[C@H](c1ccco1)N(C(C)=O)c1ccccc1-2. The van der Waals surface area contributed by atoms with Crippen molar-refractivity contribution in [2.75, 3.05) is 10.7 Å². The van der Waals surface area contributed by atoms with Crippen LogP contribution in [0.15, 0.2) is 52.2 Å². The van der Waals surface area contributed by atoms with E-state index in [0.717, 1.165) is 11.3 Å². The molecule has 1 atom stereocenters. The molecule has 0 saturated heterocycles. The summed E-state index contributed by atoms with van der Waals surface area (Å²) in [5, 5.41) is 9.02. The molecule has 0 bridgehead atoms. The molecule has 2 aromatic heterocycles. The van der Waals surface area contributed by atoms with Gasteiger partial charge < -0.3 is 9.15 Å². The number of aromatic nitrogens is 3. The molecule has 0 aliphatic carbocycles. The molecular weight excluding hydrogens is 352 g/mol. The molecule has 3 heterocycles. The summed E-state index contributed by atoms with van der Waals surface area (Å²) in [5.74, 6) is 1.47. The molecule has 132 valence electrons. The van der Waals surface area contributed by atoms with Crippen LogP contribution < -0.4 is 9.64 Å². The first-order chi connectivity index (χ1) is 12.7. The third-order valence-electron chi connectivity index (χ3n) is 3.91. The maximum Gasteiger partial charge on any atom is 0.247 e. The van der Waals surface area contributed by atoms with Gasteiger partial charge in [-0.3, -0.25) is 9.69 Å². The second-order valence-electron chi connectivity index (χ2n) is 5.57. The number of ether oxygens (including phenoxy) is 1. The Morgan fingerprint density at radius 1 is 1.23 bits per heavy atom. The van der Waals surface area contributed by atoms with E-state index in [1.165, 1.54) is 18.7 Å². The van der Waals surface area contributed by atoms with Gasteiger partial charge in [0, 0.05) is 12.5 Å². The molecule has 1 aliphatic heterocycles. The van der Waals surface area contributed by atoms with Crippen LogP contribution >= 0.6 is 11.8 Å².